The highest BCUT2D eigenvalue weighted by atomic mass is 16.4. The number of carbonyl (C=O) groups is 1. The van der Waals surface area contributed by atoms with Gasteiger partial charge < -0.3 is 15.9 Å². The summed E-state index contributed by atoms with van der Waals surface area (Å²) in [5, 5.41) is 18.2. The molecule has 2 atom stereocenters. The average molecular weight is 207 g/mol. The first-order valence-corrected chi connectivity index (χ1v) is 4.81. The lowest BCUT2D eigenvalue weighted by molar-refractivity contribution is -0.140. The van der Waals surface area contributed by atoms with Crippen LogP contribution in [0.1, 0.15) is 12.0 Å². The number of hydrogen-bond donors (Lipinski definition) is 3. The van der Waals surface area contributed by atoms with E-state index in [2.05, 4.69) is 0 Å². The fraction of sp³-hybridized carbons (Fsp3) is 0.364. The van der Waals surface area contributed by atoms with Crippen LogP contribution < -0.4 is 5.73 Å². The molecule has 0 saturated heterocycles. The van der Waals surface area contributed by atoms with E-state index in [9.17, 15) is 9.90 Å². The number of carboxylic acid groups (broad SMARTS) is 1. The molecule has 15 heavy (non-hydrogen) atoms. The van der Waals surface area contributed by atoms with E-state index in [0.717, 1.165) is 5.56 Å². The van der Waals surface area contributed by atoms with Gasteiger partial charge in [0.05, 0.1) is 5.41 Å². The van der Waals surface area contributed by atoms with Gasteiger partial charge in [-0.1, -0.05) is 12.1 Å². The van der Waals surface area contributed by atoms with Crippen LogP contribution in [0.25, 0.3) is 0 Å². The molecule has 80 valence electrons. The molecule has 0 amide bonds. The molecule has 0 heterocycles. The summed E-state index contributed by atoms with van der Waals surface area (Å²) in [5.74, 6) is -1.04. The van der Waals surface area contributed by atoms with Gasteiger partial charge in [-0.2, -0.15) is 0 Å². The van der Waals surface area contributed by atoms with Gasteiger partial charge in [-0.3, -0.25) is 4.79 Å². The first-order valence-electron chi connectivity index (χ1n) is 4.81. The molecule has 0 bridgehead atoms. The standard InChI is InChI=1S/C11H13NO3/c12-9-3-1-7(2-4-9)11(10(14)15)5-8(11)6-13/h1-4,8,13H,5-6,12H2,(H,14,15). The molecule has 0 radical (unpaired) electrons. The molecule has 2 rings (SSSR count). The maximum absolute atomic E-state index is 11.2. The van der Waals surface area contributed by atoms with E-state index in [-0.39, 0.29) is 12.5 Å². The molecule has 4 N–H and O–H groups in total. The summed E-state index contributed by atoms with van der Waals surface area (Å²) < 4.78 is 0. The second kappa shape index (κ2) is 3.24. The largest absolute Gasteiger partial charge is 0.481 e. The Bertz CT molecular complexity index is 387. The second-order valence-electron chi connectivity index (χ2n) is 3.98. The Morgan fingerprint density at radius 2 is 2.07 bits per heavy atom. The van der Waals surface area contributed by atoms with E-state index in [4.69, 9.17) is 10.8 Å². The number of hydrogen-bond acceptors (Lipinski definition) is 3. The van der Waals surface area contributed by atoms with Crippen LogP contribution in [-0.2, 0) is 10.2 Å². The van der Waals surface area contributed by atoms with Gasteiger partial charge in [0, 0.05) is 18.2 Å². The molecule has 1 saturated carbocycles. The van der Waals surface area contributed by atoms with Crippen LogP contribution in [0.2, 0.25) is 0 Å². The van der Waals surface area contributed by atoms with Gasteiger partial charge in [0.25, 0.3) is 0 Å². The zero-order valence-electron chi connectivity index (χ0n) is 8.18. The van der Waals surface area contributed by atoms with E-state index < -0.39 is 11.4 Å². The summed E-state index contributed by atoms with van der Waals surface area (Å²) in [6, 6.07) is 6.82. The Hall–Kier alpha value is -1.55. The van der Waals surface area contributed by atoms with Crippen molar-refractivity contribution < 1.29 is 15.0 Å². The van der Waals surface area contributed by atoms with Crippen molar-refractivity contribution in [1.29, 1.82) is 0 Å². The quantitative estimate of drug-likeness (QED) is 0.634. The number of carboxylic acids is 1. The third-order valence-electron chi connectivity index (χ3n) is 3.13. The lowest BCUT2D eigenvalue weighted by atomic mass is 9.93. The Labute approximate surface area is 87.3 Å². The summed E-state index contributed by atoms with van der Waals surface area (Å²) in [4.78, 5) is 11.2. The van der Waals surface area contributed by atoms with Gasteiger partial charge in [0.15, 0.2) is 0 Å². The van der Waals surface area contributed by atoms with Gasteiger partial charge >= 0.3 is 5.97 Å². The molecule has 1 aliphatic carbocycles. The zero-order chi connectivity index (χ0) is 11.1. The Kier molecular flexibility index (Phi) is 2.16. The van der Waals surface area contributed by atoms with Gasteiger partial charge in [0.1, 0.15) is 0 Å². The molecule has 0 aliphatic heterocycles. The molecule has 1 fully saturated rings. The third kappa shape index (κ3) is 1.37. The molecule has 4 heteroatoms. The Balaban J connectivity index is 2.36. The minimum Gasteiger partial charge on any atom is -0.481 e. The van der Waals surface area contributed by atoms with Crippen molar-refractivity contribution in [2.75, 3.05) is 12.3 Å². The number of benzene rings is 1. The average Bonchev–Trinajstić information content (AvgIpc) is 2.94. The number of anilines is 1. The highest BCUT2D eigenvalue weighted by Crippen LogP contribution is 2.54. The summed E-state index contributed by atoms with van der Waals surface area (Å²) in [6.45, 7) is -0.0866. The Morgan fingerprint density at radius 1 is 1.47 bits per heavy atom. The van der Waals surface area contributed by atoms with E-state index in [1.54, 1.807) is 24.3 Å². The van der Waals surface area contributed by atoms with Crippen molar-refractivity contribution in [2.24, 2.45) is 5.92 Å². The minimum absolute atomic E-state index is 0.0866. The normalized spacial score (nSPS) is 28.7. The summed E-state index contributed by atoms with van der Waals surface area (Å²) in [5.41, 5.74) is 5.99. The second-order valence-corrected chi connectivity index (χ2v) is 3.98. The molecule has 1 aliphatic rings. The van der Waals surface area contributed by atoms with Crippen molar-refractivity contribution in [3.63, 3.8) is 0 Å². The molecule has 1 aromatic carbocycles. The first-order chi connectivity index (χ1) is 7.11. The van der Waals surface area contributed by atoms with Gasteiger partial charge in [-0.15, -0.1) is 0 Å². The van der Waals surface area contributed by atoms with E-state index in [0.29, 0.717) is 12.1 Å². The molecule has 0 aromatic heterocycles. The lowest BCUT2D eigenvalue weighted by Gasteiger charge is -2.12. The van der Waals surface area contributed by atoms with Crippen molar-refractivity contribution in [3.8, 4) is 0 Å². The van der Waals surface area contributed by atoms with Crippen molar-refractivity contribution in [1.82, 2.24) is 0 Å². The third-order valence-corrected chi connectivity index (χ3v) is 3.13. The van der Waals surface area contributed by atoms with E-state index >= 15 is 0 Å². The number of aliphatic hydroxyl groups is 1. The number of aliphatic hydroxyl groups excluding tert-OH is 1. The highest BCUT2D eigenvalue weighted by molar-refractivity contribution is 5.86. The zero-order valence-corrected chi connectivity index (χ0v) is 8.18. The summed E-state index contributed by atoms with van der Waals surface area (Å²) >= 11 is 0. The maximum atomic E-state index is 11.2. The van der Waals surface area contributed by atoms with Gasteiger partial charge in [-0.05, 0) is 24.1 Å². The predicted octanol–water partition coefficient (Wildman–Crippen LogP) is 0.603. The monoisotopic (exact) mass is 207 g/mol. The van der Waals surface area contributed by atoms with Crippen LogP contribution in [-0.4, -0.2) is 22.8 Å². The molecular formula is C11H13NO3. The smallest absolute Gasteiger partial charge is 0.314 e. The number of nitrogens with two attached hydrogens (primary N) is 1. The van der Waals surface area contributed by atoms with E-state index in [1.807, 2.05) is 0 Å². The van der Waals surface area contributed by atoms with Crippen molar-refractivity contribution in [3.05, 3.63) is 29.8 Å². The molecular weight excluding hydrogens is 194 g/mol. The van der Waals surface area contributed by atoms with Gasteiger partial charge in [-0.25, -0.2) is 0 Å². The number of aliphatic carboxylic acids is 1. The van der Waals surface area contributed by atoms with Crippen LogP contribution in [0.15, 0.2) is 24.3 Å². The van der Waals surface area contributed by atoms with E-state index in [1.165, 1.54) is 0 Å². The van der Waals surface area contributed by atoms with Crippen molar-refractivity contribution >= 4 is 11.7 Å². The molecule has 4 nitrogen and oxygen atoms in total. The lowest BCUT2D eigenvalue weighted by Crippen LogP contribution is -2.23. The summed E-state index contributed by atoms with van der Waals surface area (Å²) in [6.07, 6.45) is 0.503. The van der Waals surface area contributed by atoms with Crippen LogP contribution >= 0.6 is 0 Å². The SMILES string of the molecule is Nc1ccc(C2(C(=O)O)CC2CO)cc1. The van der Waals surface area contributed by atoms with Crippen LogP contribution in [0.4, 0.5) is 5.69 Å². The van der Waals surface area contributed by atoms with Crippen LogP contribution in [0.5, 0.6) is 0 Å². The predicted molar refractivity (Wildman–Crippen MR) is 55.4 cm³/mol. The fourth-order valence-electron chi connectivity index (χ4n) is 2.07. The van der Waals surface area contributed by atoms with Crippen molar-refractivity contribution in [2.45, 2.75) is 11.8 Å². The maximum Gasteiger partial charge on any atom is 0.314 e. The van der Waals surface area contributed by atoms with Crippen LogP contribution in [0.3, 0.4) is 0 Å². The molecule has 0 spiro atoms. The first kappa shape index (κ1) is 9.98. The Morgan fingerprint density at radius 3 is 2.47 bits per heavy atom. The minimum atomic E-state index is -0.886. The number of rotatable bonds is 3. The van der Waals surface area contributed by atoms with Crippen LogP contribution in [0, 0.1) is 5.92 Å². The topological polar surface area (TPSA) is 83.6 Å². The molecule has 1 aromatic rings. The number of nitrogen functional groups attached to an aromatic ring is 1. The highest BCUT2D eigenvalue weighted by Gasteiger charge is 2.61. The fourth-order valence-corrected chi connectivity index (χ4v) is 2.07. The summed E-state index contributed by atoms with van der Waals surface area (Å²) in [7, 11) is 0. The molecule has 2 unspecified atom stereocenters. The van der Waals surface area contributed by atoms with Gasteiger partial charge in [0.2, 0.25) is 0 Å².